The Hall–Kier alpha value is -4.89. The van der Waals surface area contributed by atoms with Gasteiger partial charge in [-0.2, -0.15) is 0 Å². The number of benzene rings is 3. The molecule has 5 heterocycles. The van der Waals surface area contributed by atoms with Gasteiger partial charge in [-0.25, -0.2) is 4.98 Å². The van der Waals surface area contributed by atoms with Gasteiger partial charge in [-0.15, -0.1) is 0 Å². The van der Waals surface area contributed by atoms with E-state index in [9.17, 15) is 9.59 Å². The number of ether oxygens (including phenoxy) is 1. The van der Waals surface area contributed by atoms with Crippen molar-refractivity contribution in [2.75, 3.05) is 13.7 Å². The normalized spacial score (nSPS) is 20.9. The van der Waals surface area contributed by atoms with E-state index in [1.807, 2.05) is 36.2 Å². The van der Waals surface area contributed by atoms with Crippen LogP contribution in [-0.2, 0) is 13.6 Å². The van der Waals surface area contributed by atoms with E-state index < -0.39 is 0 Å². The van der Waals surface area contributed by atoms with Gasteiger partial charge in [0.15, 0.2) is 5.82 Å². The topological polar surface area (TPSA) is 111 Å². The Morgan fingerprint density at radius 1 is 1.00 bits per heavy atom. The molecule has 2 saturated carbocycles. The zero-order valence-electron chi connectivity index (χ0n) is 26.7. The van der Waals surface area contributed by atoms with E-state index in [0.29, 0.717) is 23.1 Å². The Kier molecular flexibility index (Phi) is 6.37. The maximum absolute atomic E-state index is 13.9. The van der Waals surface area contributed by atoms with Crippen molar-refractivity contribution in [1.29, 1.82) is 0 Å². The molecule has 1 amide bonds. The van der Waals surface area contributed by atoms with E-state index in [1.54, 1.807) is 13.2 Å². The molecule has 3 N–H and O–H groups in total. The van der Waals surface area contributed by atoms with Crippen molar-refractivity contribution in [3.8, 4) is 28.4 Å². The Bertz CT molecular complexity index is 2290. The molecule has 238 valence electrons. The second-order valence-corrected chi connectivity index (χ2v) is 13.8. The van der Waals surface area contributed by atoms with Crippen LogP contribution in [0.5, 0.6) is 5.75 Å². The minimum Gasteiger partial charge on any atom is -0.494 e. The molecule has 2 aliphatic heterocycles. The highest BCUT2D eigenvalue weighted by atomic mass is 16.5. The number of rotatable bonds is 6. The van der Waals surface area contributed by atoms with E-state index in [-0.39, 0.29) is 23.6 Å². The van der Waals surface area contributed by atoms with Crippen molar-refractivity contribution in [1.82, 2.24) is 24.0 Å². The standard InChI is InChI=1S/C38H38N6O3/c1-42-36-31(15-26(17-33(36)47-2)38(46)43-20-25-8-11-27(43)18-29(25)39)41-37(42)32-16-24-4-3-5-28(35(24)44(32)19-21-6-7-21)22-9-12-30-23(14-22)10-13-34(45)40-30/h3-5,9-10,12-17,21,25,27,29H,6-8,11,18-20,39H2,1-2H3,(H,40,45)/t25-,27-,29+/m1/s1. The largest absolute Gasteiger partial charge is 0.494 e. The maximum atomic E-state index is 13.9. The molecule has 4 aliphatic rings. The summed E-state index contributed by atoms with van der Waals surface area (Å²) >= 11 is 0. The van der Waals surface area contributed by atoms with E-state index in [1.165, 1.54) is 18.4 Å². The number of hydrogen-bond donors (Lipinski definition) is 2. The molecule has 9 nitrogen and oxygen atoms in total. The molecule has 3 aromatic carbocycles. The minimum absolute atomic E-state index is 0.0333. The summed E-state index contributed by atoms with van der Waals surface area (Å²) < 4.78 is 10.5. The fraction of sp³-hybridized carbons (Fsp3) is 0.342. The lowest BCUT2D eigenvalue weighted by Gasteiger charge is -2.48. The first-order chi connectivity index (χ1) is 22.9. The fourth-order valence-corrected chi connectivity index (χ4v) is 8.20. The van der Waals surface area contributed by atoms with Crippen molar-refractivity contribution in [2.24, 2.45) is 24.6 Å². The first-order valence-corrected chi connectivity index (χ1v) is 16.7. The van der Waals surface area contributed by atoms with Gasteiger partial charge in [-0.3, -0.25) is 9.59 Å². The first kappa shape index (κ1) is 28.3. The maximum Gasteiger partial charge on any atom is 0.254 e. The zero-order chi connectivity index (χ0) is 32.0. The van der Waals surface area contributed by atoms with Crippen LogP contribution in [0.2, 0.25) is 0 Å². The summed E-state index contributed by atoms with van der Waals surface area (Å²) in [4.78, 5) is 36.0. The lowest BCUT2D eigenvalue weighted by molar-refractivity contribution is 0.0261. The summed E-state index contributed by atoms with van der Waals surface area (Å²) in [6, 6.07) is 22.6. The molecule has 0 unspecified atom stereocenters. The van der Waals surface area contributed by atoms with Crippen LogP contribution in [-0.4, -0.2) is 55.6 Å². The number of nitrogens with two attached hydrogens (primary N) is 1. The number of carbonyl (C=O) groups excluding carboxylic acids is 1. The smallest absolute Gasteiger partial charge is 0.254 e. The number of nitrogens with one attached hydrogen (secondary N) is 1. The molecule has 10 rings (SSSR count). The molecule has 2 aliphatic carbocycles. The molecular weight excluding hydrogens is 588 g/mol. The van der Waals surface area contributed by atoms with E-state index in [0.717, 1.165) is 82.3 Å². The van der Waals surface area contributed by atoms with Gasteiger partial charge in [0.2, 0.25) is 5.56 Å². The number of fused-ring (bicyclic) bond motifs is 6. The highest BCUT2D eigenvalue weighted by Gasteiger charge is 2.41. The van der Waals surface area contributed by atoms with Gasteiger partial charge in [0.1, 0.15) is 11.3 Å². The number of nitrogens with zero attached hydrogens (tertiary/aromatic N) is 4. The van der Waals surface area contributed by atoms with Crippen molar-refractivity contribution in [3.05, 3.63) is 82.6 Å². The molecular formula is C38H38N6O3. The second kappa shape index (κ2) is 10.6. The number of H-pyrrole nitrogens is 1. The fourth-order valence-electron chi connectivity index (χ4n) is 8.20. The van der Waals surface area contributed by atoms with Gasteiger partial charge in [-0.05, 0) is 91.3 Å². The van der Waals surface area contributed by atoms with E-state index in [2.05, 4.69) is 50.5 Å². The highest BCUT2D eigenvalue weighted by molar-refractivity contribution is 6.02. The lowest BCUT2D eigenvalue weighted by Crippen LogP contribution is -2.58. The summed E-state index contributed by atoms with van der Waals surface area (Å²) in [6.07, 6.45) is 5.42. The van der Waals surface area contributed by atoms with Crippen LogP contribution in [0.3, 0.4) is 0 Å². The lowest BCUT2D eigenvalue weighted by atomic mass is 9.76. The van der Waals surface area contributed by atoms with Gasteiger partial charge in [-0.1, -0.05) is 24.3 Å². The number of imidazole rings is 1. The van der Waals surface area contributed by atoms with Crippen LogP contribution < -0.4 is 16.0 Å². The van der Waals surface area contributed by atoms with Crippen LogP contribution >= 0.6 is 0 Å². The minimum atomic E-state index is -0.103. The predicted octanol–water partition coefficient (Wildman–Crippen LogP) is 6.07. The number of aromatic amines is 1. The van der Waals surface area contributed by atoms with Crippen LogP contribution in [0, 0.1) is 11.8 Å². The number of amides is 1. The molecule has 3 aromatic heterocycles. The van der Waals surface area contributed by atoms with E-state index in [4.69, 9.17) is 15.5 Å². The summed E-state index contributed by atoms with van der Waals surface area (Å²) in [7, 11) is 3.69. The monoisotopic (exact) mass is 626 g/mol. The van der Waals surface area contributed by atoms with Gasteiger partial charge < -0.3 is 29.5 Å². The molecule has 2 saturated heterocycles. The van der Waals surface area contributed by atoms with Gasteiger partial charge in [0, 0.05) is 60.3 Å². The number of methoxy groups -OCH3 is 1. The summed E-state index contributed by atoms with van der Waals surface area (Å²) in [5.41, 5.74) is 13.8. The third kappa shape index (κ3) is 4.58. The van der Waals surface area contributed by atoms with Crippen LogP contribution in [0.1, 0.15) is 42.5 Å². The number of piperidine rings is 2. The first-order valence-electron chi connectivity index (χ1n) is 16.7. The number of para-hydroxylation sites is 1. The van der Waals surface area contributed by atoms with Gasteiger partial charge in [0.05, 0.1) is 23.8 Å². The average Bonchev–Trinajstić information content (AvgIpc) is 3.75. The van der Waals surface area contributed by atoms with Crippen molar-refractivity contribution >= 4 is 38.7 Å². The Balaban J connectivity index is 1.18. The second-order valence-electron chi connectivity index (χ2n) is 13.8. The van der Waals surface area contributed by atoms with Crippen LogP contribution in [0.4, 0.5) is 0 Å². The summed E-state index contributed by atoms with van der Waals surface area (Å²) in [6.45, 7) is 1.62. The zero-order valence-corrected chi connectivity index (χ0v) is 26.7. The molecule has 6 aromatic rings. The quantitative estimate of drug-likeness (QED) is 0.233. The molecule has 0 radical (unpaired) electrons. The number of pyridine rings is 1. The van der Waals surface area contributed by atoms with Crippen LogP contribution in [0.15, 0.2) is 71.5 Å². The third-order valence-electron chi connectivity index (χ3n) is 10.9. The number of aromatic nitrogens is 4. The van der Waals surface area contributed by atoms with Crippen molar-refractivity contribution < 1.29 is 9.53 Å². The van der Waals surface area contributed by atoms with E-state index >= 15 is 0 Å². The number of aryl methyl sites for hydroxylation is 1. The van der Waals surface area contributed by atoms with Crippen LogP contribution in [0.25, 0.3) is 55.5 Å². The van der Waals surface area contributed by atoms with Crippen molar-refractivity contribution in [3.63, 3.8) is 0 Å². The predicted molar refractivity (Wildman–Crippen MR) is 185 cm³/mol. The molecule has 47 heavy (non-hydrogen) atoms. The Morgan fingerprint density at radius 2 is 1.87 bits per heavy atom. The highest BCUT2D eigenvalue weighted by Crippen LogP contribution is 2.41. The number of carbonyl (C=O) groups is 1. The molecule has 4 fully saturated rings. The van der Waals surface area contributed by atoms with Gasteiger partial charge >= 0.3 is 0 Å². The average molecular weight is 627 g/mol. The molecule has 9 heteroatoms. The van der Waals surface area contributed by atoms with Crippen molar-refractivity contribution in [2.45, 2.75) is 50.7 Å². The Morgan fingerprint density at radius 3 is 2.64 bits per heavy atom. The Labute approximate surface area is 271 Å². The third-order valence-corrected chi connectivity index (χ3v) is 10.9. The molecule has 2 bridgehead atoms. The summed E-state index contributed by atoms with van der Waals surface area (Å²) in [5, 5.41) is 2.14. The molecule has 3 atom stereocenters. The number of hydrogen-bond acceptors (Lipinski definition) is 5. The summed E-state index contributed by atoms with van der Waals surface area (Å²) in [5.74, 6) is 2.51. The SMILES string of the molecule is COc1cc(C(=O)N2C[C@H]3CC[C@@H]2C[C@@H]3N)cc2nc(-c3cc4cccc(-c5ccc6[nH]c(=O)ccc6c5)c4n3CC3CC3)n(C)c12. The molecule has 0 spiro atoms. The van der Waals surface area contributed by atoms with Gasteiger partial charge in [0.25, 0.3) is 5.91 Å².